The minimum atomic E-state index is -0.650. The van der Waals surface area contributed by atoms with Crippen LogP contribution in [0.15, 0.2) is 23.3 Å². The molecule has 16 atom stereocenters. The molecule has 4 N–H and O–H groups in total. The van der Waals surface area contributed by atoms with E-state index in [1.807, 2.05) is 0 Å². The molecule has 8 rings (SSSR count). The molecule has 6 fully saturated rings. The van der Waals surface area contributed by atoms with Crippen molar-refractivity contribution in [2.75, 3.05) is 7.11 Å². The fourth-order valence-corrected chi connectivity index (χ4v) is 16.4. The normalized spacial score (nSPS) is 45.1. The zero-order valence-electron chi connectivity index (χ0n) is 37.2. The van der Waals surface area contributed by atoms with Crippen molar-refractivity contribution in [3.05, 3.63) is 23.3 Å². The van der Waals surface area contributed by atoms with Gasteiger partial charge in [0, 0.05) is 12.8 Å². The first kappa shape index (κ1) is 47.0. The summed E-state index contributed by atoms with van der Waals surface area (Å²) < 4.78 is 4.87. The number of rotatable bonds is 8. The number of fused-ring (bicyclic) bond motifs is 10. The number of methoxy groups -OCH3 is 1. The summed E-state index contributed by atoms with van der Waals surface area (Å²) in [6.45, 7) is 14.8. The molecule has 7 nitrogen and oxygen atoms in total. The van der Waals surface area contributed by atoms with Crippen LogP contribution < -0.4 is 18.9 Å². The summed E-state index contributed by atoms with van der Waals surface area (Å²) in [7, 11) is 1.50. The third kappa shape index (κ3) is 8.44. The zero-order valence-corrected chi connectivity index (χ0v) is 37.2. The van der Waals surface area contributed by atoms with E-state index in [2.05, 4.69) is 53.7 Å². The van der Waals surface area contributed by atoms with Gasteiger partial charge in [-0.15, -0.1) is 0 Å². The van der Waals surface area contributed by atoms with Gasteiger partial charge in [-0.05, 0) is 196 Å². The number of allylic oxidation sites excluding steroid dienone is 2. The molecule has 0 aromatic carbocycles. The van der Waals surface area contributed by atoms with Gasteiger partial charge in [0.25, 0.3) is 0 Å². The summed E-state index contributed by atoms with van der Waals surface area (Å²) >= 11 is 0. The number of ether oxygens (including phenoxy) is 1. The molecular weight excluding hydrogens is 707 g/mol. The standard InChI is InChI=1S/C25H40O3.C24H38O3.Li.H2O/c1-16(5-10-23(27)28-4)20-8-9-21-19-7-6-17-15-18(26)11-13-24(17,2)22(19)12-14-25(20,21)3;1-15(4-9-22(26)27)19-7-8-20-18-6-5-16-14-17(25)10-12-23(16,2)21(18)11-13-24(19,20)3;;/h6,16,18-22,26H,5,7-15H2,1-4H3;5,15,17-21,25H,4,6-14H2,1-3H3,(H,26,27);;1H2/q;;+1;/p-1/t16-,18+,19+,20-,21+,22+,24+,25-;15-,17+,18+,19-,20+,21+,23+,24-;;/m11../s1. The van der Waals surface area contributed by atoms with E-state index in [4.69, 9.17) is 9.84 Å². The Hall–Kier alpha value is -1.10. The van der Waals surface area contributed by atoms with Gasteiger partial charge in [0.05, 0.1) is 19.3 Å². The molecule has 6 saturated carbocycles. The van der Waals surface area contributed by atoms with Crippen molar-refractivity contribution in [3.8, 4) is 0 Å². The van der Waals surface area contributed by atoms with Gasteiger partial charge in [0.1, 0.15) is 0 Å². The molecule has 0 saturated heterocycles. The maximum atomic E-state index is 11.6. The smallest absolute Gasteiger partial charge is 0.870 e. The average molecular weight is 787 g/mol. The van der Waals surface area contributed by atoms with Crippen molar-refractivity contribution < 1.29 is 54.0 Å². The molecule has 0 spiro atoms. The fraction of sp³-hybridized carbons (Fsp3) is 0.878. The minimum Gasteiger partial charge on any atom is -0.870 e. The van der Waals surface area contributed by atoms with E-state index in [0.29, 0.717) is 52.3 Å². The first-order valence-electron chi connectivity index (χ1n) is 23.1. The number of hydrogen-bond acceptors (Lipinski definition) is 6. The van der Waals surface area contributed by atoms with E-state index >= 15 is 0 Å². The first-order chi connectivity index (χ1) is 26.0. The number of carbonyl (C=O) groups is 2. The predicted octanol–water partition coefficient (Wildman–Crippen LogP) is 7.77. The molecule has 0 aliphatic heterocycles. The molecule has 0 aromatic rings. The summed E-state index contributed by atoms with van der Waals surface area (Å²) in [6, 6.07) is 0. The van der Waals surface area contributed by atoms with Crippen LogP contribution in [0.4, 0.5) is 0 Å². The van der Waals surface area contributed by atoms with Crippen LogP contribution in [0.2, 0.25) is 0 Å². The molecule has 8 aliphatic rings. The number of aliphatic hydroxyl groups excluding tert-OH is 2. The van der Waals surface area contributed by atoms with Crippen molar-refractivity contribution in [1.29, 1.82) is 0 Å². The monoisotopic (exact) mass is 787 g/mol. The molecule has 0 aromatic heterocycles. The summed E-state index contributed by atoms with van der Waals surface area (Å²) in [6.07, 6.45) is 26.6. The number of aliphatic hydroxyl groups is 2. The van der Waals surface area contributed by atoms with Gasteiger partial charge in [-0.25, -0.2) is 0 Å². The van der Waals surface area contributed by atoms with Gasteiger partial charge in [-0.2, -0.15) is 0 Å². The molecule has 8 heteroatoms. The summed E-state index contributed by atoms with van der Waals surface area (Å²) in [5.41, 5.74) is 4.60. The van der Waals surface area contributed by atoms with Crippen molar-refractivity contribution >= 4 is 11.9 Å². The van der Waals surface area contributed by atoms with Crippen molar-refractivity contribution in [3.63, 3.8) is 0 Å². The molecule has 0 heterocycles. The molecule has 0 unspecified atom stereocenters. The SMILES string of the molecule is COC(=O)CC[C@@H](C)[C@H]1CC[C@H]2[C@@H]3CC=C4C[C@@H](O)CC[C@]4(C)[C@H]3CC[C@]12C.C[C@H](CCC(=O)O)[C@H]1CC[C@H]2[C@@H]3CC=C4C[C@@H](O)CC[C@]4(C)[C@H]3CC[C@]12C.[Li+].[OH-]. The minimum absolute atomic E-state index is 0. The topological polar surface area (TPSA) is 134 Å². The number of carboxylic acid groups (broad SMARTS) is 1. The van der Waals surface area contributed by atoms with Gasteiger partial charge in [0.15, 0.2) is 0 Å². The number of hydrogen-bond donors (Lipinski definition) is 3. The molecule has 0 radical (unpaired) electrons. The van der Waals surface area contributed by atoms with Crippen LogP contribution >= 0.6 is 0 Å². The Labute approximate surface area is 357 Å². The number of esters is 1. The van der Waals surface area contributed by atoms with E-state index in [0.717, 1.165) is 86.4 Å². The third-order valence-electron chi connectivity index (χ3n) is 19.5. The Morgan fingerprint density at radius 1 is 0.667 bits per heavy atom. The predicted molar refractivity (Wildman–Crippen MR) is 221 cm³/mol. The molecule has 0 bridgehead atoms. The van der Waals surface area contributed by atoms with Crippen molar-refractivity contribution in [2.24, 2.45) is 80.8 Å². The van der Waals surface area contributed by atoms with Crippen LogP contribution in [-0.4, -0.2) is 52.1 Å². The Morgan fingerprint density at radius 2 is 1.09 bits per heavy atom. The van der Waals surface area contributed by atoms with Gasteiger partial charge < -0.3 is 25.5 Å². The average Bonchev–Trinajstić information content (AvgIpc) is 3.70. The van der Waals surface area contributed by atoms with Gasteiger partial charge in [-0.1, -0.05) is 64.8 Å². The Morgan fingerprint density at radius 3 is 1.49 bits per heavy atom. The fourth-order valence-electron chi connectivity index (χ4n) is 16.4. The van der Waals surface area contributed by atoms with Crippen LogP contribution in [0.5, 0.6) is 0 Å². The maximum Gasteiger partial charge on any atom is 1.00 e. The number of carbonyl (C=O) groups excluding carboxylic acids is 1. The van der Waals surface area contributed by atoms with Crippen LogP contribution in [0.3, 0.4) is 0 Å². The maximum absolute atomic E-state index is 11.6. The van der Waals surface area contributed by atoms with Crippen LogP contribution in [0, 0.1) is 80.8 Å². The number of aliphatic carboxylic acids is 1. The van der Waals surface area contributed by atoms with Crippen LogP contribution in [0.25, 0.3) is 0 Å². The largest absolute Gasteiger partial charge is 1.00 e. The number of carboxylic acids is 1. The van der Waals surface area contributed by atoms with Gasteiger partial charge in [0.2, 0.25) is 0 Å². The Kier molecular flexibility index (Phi) is 14.9. The van der Waals surface area contributed by atoms with Crippen molar-refractivity contribution in [1.82, 2.24) is 0 Å². The summed E-state index contributed by atoms with van der Waals surface area (Å²) in [4.78, 5) is 22.7. The molecule has 318 valence electrons. The van der Waals surface area contributed by atoms with Crippen LogP contribution in [-0.2, 0) is 14.3 Å². The zero-order chi connectivity index (χ0) is 39.5. The Balaban J connectivity index is 0.000000210. The molecule has 57 heavy (non-hydrogen) atoms. The van der Waals surface area contributed by atoms with Crippen LogP contribution in [0.1, 0.15) is 170 Å². The summed E-state index contributed by atoms with van der Waals surface area (Å²) in [5, 5.41) is 29.4. The van der Waals surface area contributed by atoms with Crippen molar-refractivity contribution in [2.45, 2.75) is 182 Å². The van der Waals surface area contributed by atoms with E-state index in [-0.39, 0.29) is 42.5 Å². The Bertz CT molecular complexity index is 1490. The molecule has 8 aliphatic carbocycles. The second-order valence-electron chi connectivity index (χ2n) is 21.8. The van der Waals surface area contributed by atoms with E-state index in [1.54, 1.807) is 11.1 Å². The quantitative estimate of drug-likeness (QED) is 0.130. The summed E-state index contributed by atoms with van der Waals surface area (Å²) in [5.74, 6) is 6.68. The first-order valence-corrected chi connectivity index (χ1v) is 23.1. The second-order valence-corrected chi connectivity index (χ2v) is 21.8. The van der Waals surface area contributed by atoms with E-state index in [9.17, 15) is 19.8 Å². The van der Waals surface area contributed by atoms with E-state index < -0.39 is 5.97 Å². The molecular formula is C49H79LiO7. The third-order valence-corrected chi connectivity index (χ3v) is 19.5. The van der Waals surface area contributed by atoms with E-state index in [1.165, 1.54) is 77.7 Å². The van der Waals surface area contributed by atoms with Gasteiger partial charge in [-0.3, -0.25) is 9.59 Å². The molecule has 0 amide bonds. The second kappa shape index (κ2) is 18.1. The van der Waals surface area contributed by atoms with Gasteiger partial charge >= 0.3 is 30.8 Å².